The molecule has 78 valence electrons. The van der Waals surface area contributed by atoms with Crippen molar-refractivity contribution < 1.29 is 9.50 Å². The smallest absolute Gasteiger partial charge is 0.125 e. The van der Waals surface area contributed by atoms with Gasteiger partial charge in [0.1, 0.15) is 5.82 Å². The van der Waals surface area contributed by atoms with Gasteiger partial charge in [-0.15, -0.1) is 0 Å². The van der Waals surface area contributed by atoms with Crippen molar-refractivity contribution in [3.05, 3.63) is 28.5 Å². The fourth-order valence-electron chi connectivity index (χ4n) is 1.14. The van der Waals surface area contributed by atoms with Crippen LogP contribution in [0, 0.1) is 5.82 Å². The highest BCUT2D eigenvalue weighted by Gasteiger charge is 2.17. The molecule has 0 aliphatic heterocycles. The van der Waals surface area contributed by atoms with Crippen molar-refractivity contribution in [2.45, 2.75) is 19.1 Å². The Bertz CT molecular complexity index is 344. The molecule has 0 aromatic heterocycles. The molecule has 0 saturated heterocycles. The number of nitrogens with two attached hydrogens (primary N) is 2. The minimum atomic E-state index is -0.810. The van der Waals surface area contributed by atoms with Crippen molar-refractivity contribution in [1.82, 2.24) is 0 Å². The highest BCUT2D eigenvalue weighted by Crippen LogP contribution is 2.29. The molecular weight excluding hydrogens is 207 g/mol. The van der Waals surface area contributed by atoms with E-state index in [4.69, 9.17) is 23.1 Å². The van der Waals surface area contributed by atoms with E-state index < -0.39 is 18.0 Å². The summed E-state index contributed by atoms with van der Waals surface area (Å²) in [4.78, 5) is 0. The van der Waals surface area contributed by atoms with Crippen LogP contribution in [0.5, 0.6) is 0 Å². The second kappa shape index (κ2) is 4.13. The Hall–Kier alpha value is -0.840. The third kappa shape index (κ3) is 2.15. The first kappa shape index (κ1) is 11.2. The van der Waals surface area contributed by atoms with E-state index in [0.717, 1.165) is 6.07 Å². The normalized spacial score (nSPS) is 15.2. The first-order chi connectivity index (χ1) is 6.43. The fraction of sp³-hybridized carbons (Fsp3) is 0.333. The summed E-state index contributed by atoms with van der Waals surface area (Å²) >= 11 is 5.67. The number of halogens is 2. The van der Waals surface area contributed by atoms with E-state index in [1.54, 1.807) is 0 Å². The van der Waals surface area contributed by atoms with Crippen LogP contribution < -0.4 is 11.5 Å². The van der Waals surface area contributed by atoms with Crippen LogP contribution in [-0.4, -0.2) is 11.2 Å². The molecule has 2 atom stereocenters. The Morgan fingerprint density at radius 2 is 2.07 bits per heavy atom. The van der Waals surface area contributed by atoms with Gasteiger partial charge in [0.05, 0.1) is 22.9 Å². The Morgan fingerprint density at radius 3 is 2.57 bits per heavy atom. The molecule has 3 nitrogen and oxygen atoms in total. The summed E-state index contributed by atoms with van der Waals surface area (Å²) < 4.78 is 13.0. The third-order valence-electron chi connectivity index (χ3n) is 2.01. The average Bonchev–Trinajstić information content (AvgIpc) is 2.09. The maximum atomic E-state index is 13.0. The lowest BCUT2D eigenvalue weighted by Gasteiger charge is -2.17. The lowest BCUT2D eigenvalue weighted by molar-refractivity contribution is 0.164. The molecule has 1 aromatic carbocycles. The molecular formula is C9H12ClFN2O. The average molecular weight is 219 g/mol. The maximum Gasteiger partial charge on any atom is 0.125 e. The topological polar surface area (TPSA) is 72.3 Å². The molecule has 1 rings (SSSR count). The van der Waals surface area contributed by atoms with Gasteiger partial charge in [0.25, 0.3) is 0 Å². The minimum Gasteiger partial charge on any atom is -0.397 e. The zero-order valence-electron chi connectivity index (χ0n) is 7.67. The van der Waals surface area contributed by atoms with Gasteiger partial charge in [0.15, 0.2) is 0 Å². The summed E-state index contributed by atoms with van der Waals surface area (Å²) in [6, 6.07) is 1.55. The van der Waals surface area contributed by atoms with Crippen LogP contribution in [0.3, 0.4) is 0 Å². The summed E-state index contributed by atoms with van der Waals surface area (Å²) in [5.74, 6) is -0.518. The summed E-state index contributed by atoms with van der Waals surface area (Å²) in [5.41, 5.74) is 11.8. The molecule has 0 fully saturated rings. The first-order valence-corrected chi connectivity index (χ1v) is 4.49. The van der Waals surface area contributed by atoms with Gasteiger partial charge in [-0.25, -0.2) is 4.39 Å². The highest BCUT2D eigenvalue weighted by molar-refractivity contribution is 6.33. The number of benzene rings is 1. The van der Waals surface area contributed by atoms with Crippen LogP contribution in [0.4, 0.5) is 10.1 Å². The van der Waals surface area contributed by atoms with E-state index in [2.05, 4.69) is 0 Å². The van der Waals surface area contributed by atoms with E-state index in [9.17, 15) is 9.50 Å². The molecule has 5 N–H and O–H groups in total. The van der Waals surface area contributed by atoms with Gasteiger partial charge in [0, 0.05) is 0 Å². The Kier molecular flexibility index (Phi) is 3.31. The van der Waals surface area contributed by atoms with Crippen LogP contribution in [0.2, 0.25) is 5.02 Å². The van der Waals surface area contributed by atoms with Crippen molar-refractivity contribution in [2.75, 3.05) is 5.73 Å². The van der Waals surface area contributed by atoms with Crippen molar-refractivity contribution >= 4 is 17.3 Å². The van der Waals surface area contributed by atoms with Gasteiger partial charge in [0.2, 0.25) is 0 Å². The summed E-state index contributed by atoms with van der Waals surface area (Å²) in [6.07, 6.45) is -0.810. The molecule has 0 unspecified atom stereocenters. The quantitative estimate of drug-likeness (QED) is 0.658. The number of hydrogen-bond acceptors (Lipinski definition) is 3. The molecule has 5 heteroatoms. The number of hydrogen-bond donors (Lipinski definition) is 3. The molecule has 0 bridgehead atoms. The molecule has 0 saturated carbocycles. The number of aliphatic hydroxyl groups excluding tert-OH is 1. The Balaban J connectivity index is 3.20. The summed E-state index contributed by atoms with van der Waals surface area (Å²) in [7, 11) is 0. The van der Waals surface area contributed by atoms with E-state index in [1.807, 2.05) is 0 Å². The van der Waals surface area contributed by atoms with Crippen LogP contribution in [0.15, 0.2) is 12.1 Å². The molecule has 0 aliphatic carbocycles. The van der Waals surface area contributed by atoms with Crippen LogP contribution in [0.1, 0.15) is 18.5 Å². The molecule has 0 amide bonds. The molecule has 0 spiro atoms. The molecule has 0 aliphatic rings. The van der Waals surface area contributed by atoms with Gasteiger partial charge in [-0.3, -0.25) is 0 Å². The highest BCUT2D eigenvalue weighted by atomic mass is 35.5. The number of rotatable bonds is 2. The monoisotopic (exact) mass is 218 g/mol. The van der Waals surface area contributed by atoms with Crippen molar-refractivity contribution in [2.24, 2.45) is 5.73 Å². The van der Waals surface area contributed by atoms with Gasteiger partial charge in [-0.05, 0) is 24.6 Å². The molecule has 1 aromatic rings. The summed E-state index contributed by atoms with van der Waals surface area (Å²) in [5, 5.41) is 9.34. The van der Waals surface area contributed by atoms with Gasteiger partial charge < -0.3 is 16.6 Å². The minimum absolute atomic E-state index is 0.108. The number of aliphatic hydroxyl groups is 1. The lowest BCUT2D eigenvalue weighted by atomic mass is 10.0. The second-order valence-corrected chi connectivity index (χ2v) is 3.56. The van der Waals surface area contributed by atoms with Crippen LogP contribution >= 0.6 is 11.6 Å². The van der Waals surface area contributed by atoms with Gasteiger partial charge in [-0.1, -0.05) is 11.6 Å². The molecule has 0 heterocycles. The fourth-order valence-corrected chi connectivity index (χ4v) is 1.35. The van der Waals surface area contributed by atoms with E-state index in [-0.39, 0.29) is 10.7 Å². The van der Waals surface area contributed by atoms with Gasteiger partial charge >= 0.3 is 0 Å². The first-order valence-electron chi connectivity index (χ1n) is 4.11. The lowest BCUT2D eigenvalue weighted by Crippen LogP contribution is -2.24. The Labute approximate surface area is 86.5 Å². The molecule has 14 heavy (non-hydrogen) atoms. The van der Waals surface area contributed by atoms with Crippen LogP contribution in [0.25, 0.3) is 0 Å². The standard InChI is InChI=1S/C9H12ClFN2O/c1-4(14)8(12)6-2-5(11)3-7(10)9(6)13/h2-4,8,14H,12-13H2,1H3/t4-,8-/m1/s1. The Morgan fingerprint density at radius 1 is 1.50 bits per heavy atom. The van der Waals surface area contributed by atoms with E-state index in [1.165, 1.54) is 13.0 Å². The predicted octanol–water partition coefficient (Wildman–Crippen LogP) is 1.44. The van der Waals surface area contributed by atoms with Crippen molar-refractivity contribution in [1.29, 1.82) is 0 Å². The third-order valence-corrected chi connectivity index (χ3v) is 2.32. The van der Waals surface area contributed by atoms with Crippen molar-refractivity contribution in [3.63, 3.8) is 0 Å². The predicted molar refractivity (Wildman–Crippen MR) is 54.4 cm³/mol. The summed E-state index contributed by atoms with van der Waals surface area (Å²) in [6.45, 7) is 1.50. The van der Waals surface area contributed by atoms with Crippen molar-refractivity contribution in [3.8, 4) is 0 Å². The van der Waals surface area contributed by atoms with E-state index in [0.29, 0.717) is 5.56 Å². The zero-order valence-corrected chi connectivity index (χ0v) is 8.42. The largest absolute Gasteiger partial charge is 0.397 e. The molecule has 0 radical (unpaired) electrons. The second-order valence-electron chi connectivity index (χ2n) is 3.16. The maximum absolute atomic E-state index is 13.0. The SMILES string of the molecule is C[C@@H](O)[C@@H](N)c1cc(F)cc(Cl)c1N. The van der Waals surface area contributed by atoms with E-state index >= 15 is 0 Å². The van der Waals surface area contributed by atoms with Gasteiger partial charge in [-0.2, -0.15) is 0 Å². The number of anilines is 1. The zero-order chi connectivity index (χ0) is 10.9. The van der Waals surface area contributed by atoms with Crippen LogP contribution in [-0.2, 0) is 0 Å². The number of nitrogen functional groups attached to an aromatic ring is 1.